The predicted molar refractivity (Wildman–Crippen MR) is 108 cm³/mol. The number of thiophene rings is 1. The van der Waals surface area contributed by atoms with Gasteiger partial charge in [-0.05, 0) is 37.6 Å². The van der Waals surface area contributed by atoms with Crippen molar-refractivity contribution in [1.29, 1.82) is 0 Å². The van der Waals surface area contributed by atoms with Crippen molar-refractivity contribution in [2.45, 2.75) is 27.2 Å². The SMILES string of the molecule is CCOC(=O)c1c(NC(=O)CC)sc(C(=O)Nc2cc(Cl)ccc2Cl)c1C. The van der Waals surface area contributed by atoms with E-state index < -0.39 is 11.9 Å². The predicted octanol–water partition coefficient (Wildman–Crippen LogP) is 5.14. The van der Waals surface area contributed by atoms with Crippen LogP contribution in [0, 0.1) is 6.92 Å². The number of carbonyl (C=O) groups excluding carboxylic acids is 3. The number of rotatable bonds is 6. The summed E-state index contributed by atoms with van der Waals surface area (Å²) < 4.78 is 5.06. The third-order valence-corrected chi connectivity index (χ3v) is 5.35. The Morgan fingerprint density at radius 1 is 1.15 bits per heavy atom. The lowest BCUT2D eigenvalue weighted by Crippen LogP contribution is -2.14. The molecule has 144 valence electrons. The van der Waals surface area contributed by atoms with E-state index in [4.69, 9.17) is 27.9 Å². The maximum atomic E-state index is 12.7. The highest BCUT2D eigenvalue weighted by molar-refractivity contribution is 7.19. The normalized spacial score (nSPS) is 10.4. The molecule has 0 unspecified atom stereocenters. The Kier molecular flexibility index (Phi) is 7.24. The van der Waals surface area contributed by atoms with Crippen molar-refractivity contribution in [2.75, 3.05) is 17.2 Å². The smallest absolute Gasteiger partial charge is 0.341 e. The second-order valence-electron chi connectivity index (χ2n) is 5.46. The number of nitrogens with one attached hydrogen (secondary N) is 2. The Balaban J connectivity index is 2.42. The molecule has 0 saturated carbocycles. The van der Waals surface area contributed by atoms with Gasteiger partial charge >= 0.3 is 5.97 Å². The minimum Gasteiger partial charge on any atom is -0.462 e. The van der Waals surface area contributed by atoms with Gasteiger partial charge in [0.15, 0.2) is 0 Å². The van der Waals surface area contributed by atoms with Gasteiger partial charge in [0.1, 0.15) is 5.00 Å². The van der Waals surface area contributed by atoms with Crippen molar-refractivity contribution in [3.63, 3.8) is 0 Å². The minimum absolute atomic E-state index is 0.172. The number of amides is 2. The number of esters is 1. The molecule has 2 N–H and O–H groups in total. The first kappa shape index (κ1) is 21.2. The highest BCUT2D eigenvalue weighted by Gasteiger charge is 2.26. The van der Waals surface area contributed by atoms with Crippen LogP contribution in [-0.2, 0) is 9.53 Å². The van der Waals surface area contributed by atoms with Crippen LogP contribution in [0.25, 0.3) is 0 Å². The number of carbonyl (C=O) groups is 3. The molecule has 2 amide bonds. The number of hydrogen-bond acceptors (Lipinski definition) is 5. The van der Waals surface area contributed by atoms with Crippen LogP contribution in [0.4, 0.5) is 10.7 Å². The molecule has 1 aromatic heterocycles. The Hall–Kier alpha value is -2.09. The number of ether oxygens (including phenoxy) is 1. The third kappa shape index (κ3) is 5.00. The van der Waals surface area contributed by atoms with Crippen LogP contribution in [0.2, 0.25) is 10.0 Å². The molecule has 2 aromatic rings. The fraction of sp³-hybridized carbons (Fsp3) is 0.278. The van der Waals surface area contributed by atoms with Crippen molar-refractivity contribution in [3.05, 3.63) is 44.2 Å². The summed E-state index contributed by atoms with van der Waals surface area (Å²) in [6.07, 6.45) is 0.235. The van der Waals surface area contributed by atoms with Crippen LogP contribution < -0.4 is 10.6 Å². The maximum Gasteiger partial charge on any atom is 0.341 e. The van der Waals surface area contributed by atoms with Gasteiger partial charge in [0, 0.05) is 11.4 Å². The van der Waals surface area contributed by atoms with Crippen molar-refractivity contribution in [1.82, 2.24) is 0 Å². The zero-order valence-electron chi connectivity index (χ0n) is 14.9. The van der Waals surface area contributed by atoms with E-state index in [1.54, 1.807) is 32.9 Å². The summed E-state index contributed by atoms with van der Waals surface area (Å²) in [5, 5.41) is 6.35. The number of benzene rings is 1. The largest absolute Gasteiger partial charge is 0.462 e. The first-order valence-corrected chi connectivity index (χ1v) is 9.72. The number of anilines is 2. The van der Waals surface area contributed by atoms with Crippen LogP contribution in [0.1, 0.15) is 45.9 Å². The molecule has 0 aliphatic rings. The summed E-state index contributed by atoms with van der Waals surface area (Å²) in [7, 11) is 0. The first-order chi connectivity index (χ1) is 12.8. The standard InChI is InChI=1S/C18H18Cl2N2O4S/c1-4-13(23)22-17-14(18(25)26-5-2)9(3)15(27-17)16(24)21-12-8-10(19)6-7-11(12)20/h6-8H,4-5H2,1-3H3,(H,21,24)(H,22,23). The van der Waals surface area contributed by atoms with Crippen LogP contribution in [0.5, 0.6) is 0 Å². The lowest BCUT2D eigenvalue weighted by atomic mass is 10.1. The molecule has 0 atom stereocenters. The average Bonchev–Trinajstić information content (AvgIpc) is 2.94. The van der Waals surface area contributed by atoms with E-state index in [0.717, 1.165) is 11.3 Å². The molecule has 0 radical (unpaired) electrons. The van der Waals surface area contributed by atoms with E-state index in [1.165, 1.54) is 6.07 Å². The lowest BCUT2D eigenvalue weighted by molar-refractivity contribution is -0.115. The molecule has 6 nitrogen and oxygen atoms in total. The fourth-order valence-corrected chi connectivity index (χ4v) is 3.70. The molecule has 2 rings (SSSR count). The molecule has 9 heteroatoms. The van der Waals surface area contributed by atoms with Crippen LogP contribution in [-0.4, -0.2) is 24.4 Å². The second kappa shape index (κ2) is 9.21. The summed E-state index contributed by atoms with van der Waals surface area (Å²) in [5.41, 5.74) is 0.935. The molecular formula is C18H18Cl2N2O4S. The van der Waals surface area contributed by atoms with E-state index in [1.807, 2.05) is 0 Å². The van der Waals surface area contributed by atoms with Crippen LogP contribution in [0.15, 0.2) is 18.2 Å². The van der Waals surface area contributed by atoms with Gasteiger partial charge < -0.3 is 15.4 Å². The molecule has 0 aliphatic carbocycles. The van der Waals surface area contributed by atoms with Crippen molar-refractivity contribution in [2.24, 2.45) is 0 Å². The highest BCUT2D eigenvalue weighted by atomic mass is 35.5. The third-order valence-electron chi connectivity index (χ3n) is 3.58. The maximum absolute atomic E-state index is 12.7. The summed E-state index contributed by atoms with van der Waals surface area (Å²) in [6.45, 7) is 5.17. The molecule has 0 spiro atoms. The van der Waals surface area contributed by atoms with Crippen LogP contribution >= 0.6 is 34.5 Å². The first-order valence-electron chi connectivity index (χ1n) is 8.15. The Morgan fingerprint density at radius 3 is 2.48 bits per heavy atom. The summed E-state index contributed by atoms with van der Waals surface area (Å²) in [4.78, 5) is 37.1. The number of hydrogen-bond donors (Lipinski definition) is 2. The topological polar surface area (TPSA) is 84.5 Å². The zero-order valence-corrected chi connectivity index (χ0v) is 17.3. The van der Waals surface area contributed by atoms with Crippen molar-refractivity contribution < 1.29 is 19.1 Å². The van der Waals surface area contributed by atoms with E-state index in [2.05, 4.69) is 10.6 Å². The molecule has 0 saturated heterocycles. The van der Waals surface area contributed by atoms with Crippen molar-refractivity contribution >= 4 is 63.0 Å². The monoisotopic (exact) mass is 428 g/mol. The molecule has 0 aliphatic heterocycles. The van der Waals surface area contributed by atoms with Gasteiger partial charge in [-0.1, -0.05) is 30.1 Å². The molecular weight excluding hydrogens is 411 g/mol. The highest BCUT2D eigenvalue weighted by Crippen LogP contribution is 2.35. The molecule has 0 fully saturated rings. The summed E-state index contributed by atoms with van der Waals surface area (Å²) in [6, 6.07) is 4.70. The summed E-state index contributed by atoms with van der Waals surface area (Å²) >= 11 is 13.0. The van der Waals surface area contributed by atoms with E-state index in [9.17, 15) is 14.4 Å². The van der Waals surface area contributed by atoms with Crippen molar-refractivity contribution in [3.8, 4) is 0 Å². The van der Waals surface area contributed by atoms with Gasteiger partial charge in [-0.25, -0.2) is 4.79 Å². The number of halogens is 2. The van der Waals surface area contributed by atoms with Gasteiger partial charge in [0.25, 0.3) is 5.91 Å². The molecule has 0 bridgehead atoms. The van der Waals surface area contributed by atoms with Gasteiger partial charge in [-0.2, -0.15) is 0 Å². The van der Waals surface area contributed by atoms with E-state index >= 15 is 0 Å². The van der Waals surface area contributed by atoms with E-state index in [-0.39, 0.29) is 34.4 Å². The van der Waals surface area contributed by atoms with E-state index in [0.29, 0.717) is 21.3 Å². The van der Waals surface area contributed by atoms with Gasteiger partial charge in [-0.15, -0.1) is 11.3 Å². The average molecular weight is 429 g/mol. The van der Waals surface area contributed by atoms with Crippen LogP contribution in [0.3, 0.4) is 0 Å². The fourth-order valence-electron chi connectivity index (χ4n) is 2.25. The summed E-state index contributed by atoms with van der Waals surface area (Å²) in [5.74, 6) is -1.34. The molecule has 1 aromatic carbocycles. The van der Waals surface area contributed by atoms with Gasteiger partial charge in [-0.3, -0.25) is 9.59 Å². The Labute approximate surface area is 170 Å². The Morgan fingerprint density at radius 2 is 1.85 bits per heavy atom. The second-order valence-corrected chi connectivity index (χ2v) is 7.33. The zero-order chi connectivity index (χ0) is 20.1. The molecule has 1 heterocycles. The minimum atomic E-state index is -0.600. The quantitative estimate of drug-likeness (QED) is 0.623. The van der Waals surface area contributed by atoms with Gasteiger partial charge in [0.2, 0.25) is 5.91 Å². The lowest BCUT2D eigenvalue weighted by Gasteiger charge is -2.07. The molecule has 27 heavy (non-hydrogen) atoms. The van der Waals surface area contributed by atoms with Gasteiger partial charge in [0.05, 0.1) is 27.8 Å². The Bertz CT molecular complexity index is 896.